The van der Waals surface area contributed by atoms with Gasteiger partial charge in [0.05, 0.1) is 34.4 Å². The lowest BCUT2D eigenvalue weighted by Gasteiger charge is -2.25. The van der Waals surface area contributed by atoms with E-state index in [2.05, 4.69) is 10.3 Å². The van der Waals surface area contributed by atoms with E-state index < -0.39 is 5.41 Å². The summed E-state index contributed by atoms with van der Waals surface area (Å²) < 4.78 is 6.35. The molecule has 2 atom stereocenters. The molecule has 2 aromatic rings. The first kappa shape index (κ1) is 12.5. The fourth-order valence-corrected chi connectivity index (χ4v) is 2.85. The van der Waals surface area contributed by atoms with Gasteiger partial charge in [-0.2, -0.15) is 0 Å². The maximum atomic E-state index is 12.3. The van der Waals surface area contributed by atoms with Gasteiger partial charge < -0.3 is 15.8 Å². The molecule has 0 radical (unpaired) electrons. The predicted molar refractivity (Wildman–Crippen MR) is 75.2 cm³/mol. The molecule has 1 aliphatic heterocycles. The quantitative estimate of drug-likeness (QED) is 0.874. The van der Waals surface area contributed by atoms with Crippen molar-refractivity contribution in [2.75, 3.05) is 18.5 Å². The topological polar surface area (TPSA) is 77.2 Å². The standard InChI is InChI=1S/C13H15N3O2S/c1-13(6-18-5-11(13)14)12(17)16-8-2-3-9-10(4-8)19-7-15-9/h2-4,7,11H,5-6,14H2,1H3,(H,16,17). The minimum atomic E-state index is -0.664. The number of nitrogens with two attached hydrogens (primary N) is 1. The first-order valence-corrected chi connectivity index (χ1v) is 6.95. The first-order valence-electron chi connectivity index (χ1n) is 6.07. The number of aromatic nitrogens is 1. The highest BCUT2D eigenvalue weighted by Gasteiger charge is 2.44. The highest BCUT2D eigenvalue weighted by Crippen LogP contribution is 2.29. The van der Waals surface area contributed by atoms with Crippen LogP contribution in [0.15, 0.2) is 23.7 Å². The molecule has 1 fully saturated rings. The van der Waals surface area contributed by atoms with Crippen molar-refractivity contribution in [1.29, 1.82) is 0 Å². The van der Waals surface area contributed by atoms with Crippen LogP contribution in [0.2, 0.25) is 0 Å². The average molecular weight is 277 g/mol. The number of amides is 1. The number of benzene rings is 1. The second-order valence-corrected chi connectivity index (χ2v) is 5.91. The molecule has 0 saturated carbocycles. The van der Waals surface area contributed by atoms with E-state index in [4.69, 9.17) is 10.5 Å². The number of hydrogen-bond donors (Lipinski definition) is 2. The van der Waals surface area contributed by atoms with E-state index >= 15 is 0 Å². The molecule has 1 saturated heterocycles. The van der Waals surface area contributed by atoms with Gasteiger partial charge in [0.15, 0.2) is 0 Å². The molecule has 100 valence electrons. The summed E-state index contributed by atoms with van der Waals surface area (Å²) in [6.07, 6.45) is 0. The van der Waals surface area contributed by atoms with Crippen LogP contribution in [-0.2, 0) is 9.53 Å². The Hall–Kier alpha value is -1.50. The third-order valence-corrected chi connectivity index (χ3v) is 4.42. The zero-order chi connectivity index (χ0) is 13.5. The monoisotopic (exact) mass is 277 g/mol. The van der Waals surface area contributed by atoms with Crippen molar-refractivity contribution < 1.29 is 9.53 Å². The molecule has 0 bridgehead atoms. The van der Waals surface area contributed by atoms with Crippen LogP contribution in [0.25, 0.3) is 10.2 Å². The van der Waals surface area contributed by atoms with Crippen LogP contribution in [-0.4, -0.2) is 30.1 Å². The van der Waals surface area contributed by atoms with Gasteiger partial charge >= 0.3 is 0 Å². The van der Waals surface area contributed by atoms with E-state index in [1.807, 2.05) is 25.1 Å². The Kier molecular flexibility index (Phi) is 3.00. The summed E-state index contributed by atoms with van der Waals surface area (Å²) in [7, 11) is 0. The third kappa shape index (κ3) is 2.11. The fraction of sp³-hybridized carbons (Fsp3) is 0.385. The predicted octanol–water partition coefficient (Wildman–Crippen LogP) is 1.60. The smallest absolute Gasteiger partial charge is 0.234 e. The minimum Gasteiger partial charge on any atom is -0.379 e. The molecule has 3 rings (SSSR count). The summed E-state index contributed by atoms with van der Waals surface area (Å²) in [5.74, 6) is -0.0960. The largest absolute Gasteiger partial charge is 0.379 e. The van der Waals surface area contributed by atoms with E-state index in [9.17, 15) is 4.79 Å². The number of fused-ring (bicyclic) bond motifs is 1. The van der Waals surface area contributed by atoms with Crippen LogP contribution in [0, 0.1) is 5.41 Å². The average Bonchev–Trinajstić information content (AvgIpc) is 2.97. The molecule has 1 aliphatic rings. The lowest BCUT2D eigenvalue weighted by Crippen LogP contribution is -2.47. The van der Waals surface area contributed by atoms with Crippen LogP contribution < -0.4 is 11.1 Å². The second kappa shape index (κ2) is 4.56. The molecule has 1 amide bonds. The van der Waals surface area contributed by atoms with Crippen molar-refractivity contribution >= 4 is 33.1 Å². The van der Waals surface area contributed by atoms with Gasteiger partial charge in [-0.25, -0.2) is 4.98 Å². The van der Waals surface area contributed by atoms with Crippen LogP contribution in [0.1, 0.15) is 6.92 Å². The lowest BCUT2D eigenvalue weighted by atomic mass is 9.85. The minimum absolute atomic E-state index is 0.0960. The zero-order valence-corrected chi connectivity index (χ0v) is 11.4. The Balaban J connectivity index is 1.82. The Morgan fingerprint density at radius 1 is 1.63 bits per heavy atom. The number of ether oxygens (including phenoxy) is 1. The number of nitrogens with zero attached hydrogens (tertiary/aromatic N) is 1. The van der Waals surface area contributed by atoms with Crippen LogP contribution >= 0.6 is 11.3 Å². The van der Waals surface area contributed by atoms with E-state index in [0.717, 1.165) is 15.9 Å². The van der Waals surface area contributed by atoms with Gasteiger partial charge in [0.1, 0.15) is 0 Å². The Morgan fingerprint density at radius 2 is 2.47 bits per heavy atom. The maximum Gasteiger partial charge on any atom is 0.234 e. The Labute approximate surface area is 114 Å². The molecule has 5 nitrogen and oxygen atoms in total. The molecule has 19 heavy (non-hydrogen) atoms. The molecule has 3 N–H and O–H groups in total. The van der Waals surface area contributed by atoms with Gasteiger partial charge in [0.2, 0.25) is 5.91 Å². The summed E-state index contributed by atoms with van der Waals surface area (Å²) in [4.78, 5) is 16.5. The van der Waals surface area contributed by atoms with Gasteiger partial charge in [-0.15, -0.1) is 11.3 Å². The van der Waals surface area contributed by atoms with E-state index in [-0.39, 0.29) is 11.9 Å². The first-order chi connectivity index (χ1) is 9.09. The Morgan fingerprint density at radius 3 is 3.21 bits per heavy atom. The number of thiazole rings is 1. The highest BCUT2D eigenvalue weighted by atomic mass is 32.1. The van der Waals surface area contributed by atoms with E-state index in [0.29, 0.717) is 13.2 Å². The van der Waals surface area contributed by atoms with Crippen molar-refractivity contribution in [2.45, 2.75) is 13.0 Å². The third-order valence-electron chi connectivity index (χ3n) is 3.63. The number of rotatable bonds is 2. The zero-order valence-electron chi connectivity index (χ0n) is 10.6. The summed E-state index contributed by atoms with van der Waals surface area (Å²) in [5, 5.41) is 2.92. The van der Waals surface area contributed by atoms with E-state index in [1.54, 1.807) is 16.8 Å². The number of carbonyl (C=O) groups excluding carboxylic acids is 1. The molecular formula is C13H15N3O2S. The Bertz CT molecular complexity index is 627. The van der Waals surface area contributed by atoms with Gasteiger partial charge in [0.25, 0.3) is 0 Å². The number of nitrogens with one attached hydrogen (secondary N) is 1. The molecule has 2 heterocycles. The summed E-state index contributed by atoms with van der Waals surface area (Å²) in [6.45, 7) is 2.63. The van der Waals surface area contributed by atoms with Gasteiger partial charge in [-0.3, -0.25) is 4.79 Å². The number of anilines is 1. The van der Waals surface area contributed by atoms with Crippen LogP contribution in [0.4, 0.5) is 5.69 Å². The molecule has 6 heteroatoms. The second-order valence-electron chi connectivity index (χ2n) is 5.03. The SMILES string of the molecule is CC1(C(=O)Nc2ccc3ncsc3c2)COCC1N. The van der Waals surface area contributed by atoms with Gasteiger partial charge in [0, 0.05) is 11.7 Å². The lowest BCUT2D eigenvalue weighted by molar-refractivity contribution is -0.125. The number of hydrogen-bond acceptors (Lipinski definition) is 5. The molecule has 1 aromatic heterocycles. The van der Waals surface area contributed by atoms with Crippen LogP contribution in [0.3, 0.4) is 0 Å². The van der Waals surface area contributed by atoms with Crippen molar-refractivity contribution in [3.8, 4) is 0 Å². The molecule has 0 spiro atoms. The van der Waals surface area contributed by atoms with Crippen molar-refractivity contribution in [2.24, 2.45) is 11.1 Å². The maximum absolute atomic E-state index is 12.3. The summed E-state index contributed by atoms with van der Waals surface area (Å²) in [5.41, 5.74) is 8.78. The van der Waals surface area contributed by atoms with Crippen molar-refractivity contribution in [3.05, 3.63) is 23.7 Å². The van der Waals surface area contributed by atoms with Crippen LogP contribution in [0.5, 0.6) is 0 Å². The molecular weight excluding hydrogens is 262 g/mol. The van der Waals surface area contributed by atoms with Gasteiger partial charge in [-0.1, -0.05) is 0 Å². The molecule has 2 unspecified atom stereocenters. The highest BCUT2D eigenvalue weighted by molar-refractivity contribution is 7.16. The molecule has 0 aliphatic carbocycles. The van der Waals surface area contributed by atoms with Crippen molar-refractivity contribution in [1.82, 2.24) is 4.98 Å². The fourth-order valence-electron chi connectivity index (χ4n) is 2.13. The molecule has 1 aromatic carbocycles. The summed E-state index contributed by atoms with van der Waals surface area (Å²) >= 11 is 1.55. The van der Waals surface area contributed by atoms with Gasteiger partial charge in [-0.05, 0) is 25.1 Å². The number of carbonyl (C=O) groups is 1. The summed E-state index contributed by atoms with van der Waals surface area (Å²) in [6, 6.07) is 5.41. The normalized spacial score (nSPS) is 26.7. The van der Waals surface area contributed by atoms with E-state index in [1.165, 1.54) is 0 Å². The van der Waals surface area contributed by atoms with Crippen molar-refractivity contribution in [3.63, 3.8) is 0 Å².